The molecule has 1 amide bonds. The molecule has 0 aliphatic rings. The number of likely N-dealkylation sites (N-methyl/N-ethyl adjacent to an activating group) is 1. The van der Waals surface area contributed by atoms with Gasteiger partial charge in [-0.15, -0.1) is 0 Å². The molecule has 0 atom stereocenters. The van der Waals surface area contributed by atoms with Gasteiger partial charge in [0.05, 0.1) is 15.6 Å². The number of ether oxygens (including phenoxy) is 1. The molecular formula is C18H18Cl2N2O3. The number of carbonyl (C=O) groups excluding carboxylic acids is 2. The number of hydrogen-bond donors (Lipinski definition) is 1. The first-order valence-electron chi connectivity index (χ1n) is 7.49. The fourth-order valence-corrected chi connectivity index (χ4v) is 2.49. The molecule has 2 N–H and O–H groups in total. The molecule has 0 heterocycles. The number of carbonyl (C=O) groups is 2. The molecule has 0 saturated heterocycles. The number of rotatable bonds is 5. The lowest BCUT2D eigenvalue weighted by Crippen LogP contribution is -2.31. The molecule has 5 nitrogen and oxygen atoms in total. The maximum absolute atomic E-state index is 12.1. The van der Waals surface area contributed by atoms with Crippen molar-refractivity contribution in [3.63, 3.8) is 0 Å². The van der Waals surface area contributed by atoms with Gasteiger partial charge >= 0.3 is 5.97 Å². The van der Waals surface area contributed by atoms with Gasteiger partial charge in [-0.2, -0.15) is 0 Å². The van der Waals surface area contributed by atoms with Crippen molar-refractivity contribution in [1.29, 1.82) is 0 Å². The van der Waals surface area contributed by atoms with Crippen LogP contribution in [0.25, 0.3) is 0 Å². The number of hydrogen-bond acceptors (Lipinski definition) is 4. The van der Waals surface area contributed by atoms with E-state index in [1.807, 2.05) is 0 Å². The van der Waals surface area contributed by atoms with Gasteiger partial charge in [0.1, 0.15) is 0 Å². The van der Waals surface area contributed by atoms with E-state index in [-0.39, 0.29) is 18.1 Å². The van der Waals surface area contributed by atoms with E-state index in [9.17, 15) is 9.59 Å². The first kappa shape index (κ1) is 19.1. The Balaban J connectivity index is 1.93. The minimum atomic E-state index is -0.627. The average Bonchev–Trinajstić information content (AvgIpc) is 2.58. The van der Waals surface area contributed by atoms with Crippen molar-refractivity contribution >= 4 is 40.8 Å². The minimum absolute atomic E-state index is 0.250. The van der Waals surface area contributed by atoms with Gasteiger partial charge in [0.15, 0.2) is 6.61 Å². The highest BCUT2D eigenvalue weighted by molar-refractivity contribution is 6.42. The molecule has 0 aliphatic heterocycles. The van der Waals surface area contributed by atoms with Crippen LogP contribution >= 0.6 is 23.2 Å². The maximum Gasteiger partial charge on any atom is 0.340 e. The van der Waals surface area contributed by atoms with Crippen molar-refractivity contribution in [2.75, 3.05) is 19.4 Å². The molecule has 2 aromatic rings. The third-order valence-corrected chi connectivity index (χ3v) is 4.44. The molecule has 2 rings (SSSR count). The minimum Gasteiger partial charge on any atom is -0.452 e. The zero-order valence-corrected chi connectivity index (χ0v) is 15.4. The number of esters is 1. The van der Waals surface area contributed by atoms with Crippen LogP contribution in [-0.2, 0) is 16.1 Å². The summed E-state index contributed by atoms with van der Waals surface area (Å²) in [4.78, 5) is 25.7. The summed E-state index contributed by atoms with van der Waals surface area (Å²) in [6, 6.07) is 10.2. The van der Waals surface area contributed by atoms with Gasteiger partial charge in [-0.25, -0.2) is 4.79 Å². The number of anilines is 1. The van der Waals surface area contributed by atoms with E-state index in [0.29, 0.717) is 22.3 Å². The van der Waals surface area contributed by atoms with Gasteiger partial charge in [-0.1, -0.05) is 41.4 Å². The normalized spacial score (nSPS) is 10.4. The van der Waals surface area contributed by atoms with E-state index in [2.05, 4.69) is 0 Å². The van der Waals surface area contributed by atoms with Crippen molar-refractivity contribution in [3.05, 3.63) is 63.1 Å². The molecule has 132 valence electrons. The number of amides is 1. The largest absolute Gasteiger partial charge is 0.452 e. The number of aryl methyl sites for hydroxylation is 1. The van der Waals surface area contributed by atoms with Crippen LogP contribution < -0.4 is 5.73 Å². The second-order valence-corrected chi connectivity index (χ2v) is 6.42. The van der Waals surface area contributed by atoms with Crippen molar-refractivity contribution in [1.82, 2.24) is 4.90 Å². The maximum atomic E-state index is 12.1. The first-order chi connectivity index (χ1) is 11.8. The van der Waals surface area contributed by atoms with Crippen molar-refractivity contribution in [2.24, 2.45) is 0 Å². The number of nitrogens with two attached hydrogens (primary N) is 1. The van der Waals surface area contributed by atoms with E-state index in [1.54, 1.807) is 50.4 Å². The van der Waals surface area contributed by atoms with E-state index in [1.165, 1.54) is 4.90 Å². The quantitative estimate of drug-likeness (QED) is 0.633. The summed E-state index contributed by atoms with van der Waals surface area (Å²) in [5, 5.41) is 0.866. The lowest BCUT2D eigenvalue weighted by Gasteiger charge is -2.18. The fourth-order valence-electron chi connectivity index (χ4n) is 2.17. The van der Waals surface area contributed by atoms with E-state index < -0.39 is 5.97 Å². The zero-order valence-electron chi connectivity index (χ0n) is 13.9. The van der Waals surface area contributed by atoms with Crippen LogP contribution in [0.5, 0.6) is 0 Å². The summed E-state index contributed by atoms with van der Waals surface area (Å²) in [6.07, 6.45) is 0. The summed E-state index contributed by atoms with van der Waals surface area (Å²) in [6.45, 7) is 1.74. The molecule has 0 unspecified atom stereocenters. The lowest BCUT2D eigenvalue weighted by molar-refractivity contribution is -0.133. The van der Waals surface area contributed by atoms with Crippen molar-refractivity contribution in [3.8, 4) is 0 Å². The highest BCUT2D eigenvalue weighted by atomic mass is 35.5. The highest BCUT2D eigenvalue weighted by Gasteiger charge is 2.16. The van der Waals surface area contributed by atoms with Crippen LogP contribution in [0.3, 0.4) is 0 Å². The Bertz CT molecular complexity index is 809. The Labute approximate surface area is 156 Å². The summed E-state index contributed by atoms with van der Waals surface area (Å²) in [5.41, 5.74) is 8.05. The SMILES string of the molecule is Cc1cccc(C(=O)OCC(=O)N(C)Cc2ccc(Cl)c(Cl)c2)c1N. The number of nitrogens with zero attached hydrogens (tertiary/aromatic N) is 1. The summed E-state index contributed by atoms with van der Waals surface area (Å²) >= 11 is 11.8. The topological polar surface area (TPSA) is 72.6 Å². The monoisotopic (exact) mass is 380 g/mol. The third kappa shape index (κ3) is 4.87. The van der Waals surface area contributed by atoms with Crippen LogP contribution in [0.1, 0.15) is 21.5 Å². The fraction of sp³-hybridized carbons (Fsp3) is 0.222. The molecule has 0 aliphatic carbocycles. The molecule has 0 spiro atoms. The van der Waals surface area contributed by atoms with Gasteiger partial charge in [0, 0.05) is 19.3 Å². The zero-order chi connectivity index (χ0) is 18.6. The van der Waals surface area contributed by atoms with Crippen LogP contribution in [0.4, 0.5) is 5.69 Å². The molecule has 0 aromatic heterocycles. The summed E-state index contributed by atoms with van der Waals surface area (Å²) < 4.78 is 5.07. The van der Waals surface area contributed by atoms with Gasteiger partial charge in [-0.05, 0) is 36.2 Å². The Morgan fingerprint density at radius 2 is 1.88 bits per heavy atom. The van der Waals surface area contributed by atoms with E-state index in [0.717, 1.165) is 11.1 Å². The van der Waals surface area contributed by atoms with Gasteiger partial charge in [-0.3, -0.25) is 4.79 Å². The molecule has 7 heteroatoms. The number of benzene rings is 2. The summed E-state index contributed by atoms with van der Waals surface area (Å²) in [5.74, 6) is -0.969. The number of halogens is 2. The molecule has 2 aromatic carbocycles. The van der Waals surface area contributed by atoms with Gasteiger partial charge in [0.2, 0.25) is 0 Å². The Kier molecular flexibility index (Phi) is 6.28. The van der Waals surface area contributed by atoms with Crippen LogP contribution in [0.15, 0.2) is 36.4 Å². The molecule has 0 radical (unpaired) electrons. The van der Waals surface area contributed by atoms with Crippen LogP contribution in [0.2, 0.25) is 10.0 Å². The Morgan fingerprint density at radius 3 is 2.56 bits per heavy atom. The van der Waals surface area contributed by atoms with Crippen LogP contribution in [-0.4, -0.2) is 30.4 Å². The number of nitrogen functional groups attached to an aromatic ring is 1. The smallest absolute Gasteiger partial charge is 0.340 e. The molecule has 0 fully saturated rings. The van der Waals surface area contributed by atoms with E-state index in [4.69, 9.17) is 33.7 Å². The predicted molar refractivity (Wildman–Crippen MR) is 98.8 cm³/mol. The lowest BCUT2D eigenvalue weighted by atomic mass is 10.1. The predicted octanol–water partition coefficient (Wildman–Crippen LogP) is 3.70. The average molecular weight is 381 g/mol. The van der Waals surface area contributed by atoms with Crippen LogP contribution in [0, 0.1) is 6.92 Å². The molecule has 0 saturated carbocycles. The van der Waals surface area contributed by atoms with E-state index >= 15 is 0 Å². The van der Waals surface area contributed by atoms with Crippen molar-refractivity contribution in [2.45, 2.75) is 13.5 Å². The second kappa shape index (κ2) is 8.23. The molecular weight excluding hydrogens is 363 g/mol. The third-order valence-electron chi connectivity index (χ3n) is 3.70. The first-order valence-corrected chi connectivity index (χ1v) is 8.25. The Morgan fingerprint density at radius 1 is 1.16 bits per heavy atom. The standard InChI is InChI=1S/C18H18Cl2N2O3/c1-11-4-3-5-13(17(11)21)18(24)25-10-16(23)22(2)9-12-6-7-14(19)15(20)8-12/h3-8H,9-10,21H2,1-2H3. The van der Waals surface area contributed by atoms with Gasteiger partial charge < -0.3 is 15.4 Å². The van der Waals surface area contributed by atoms with Gasteiger partial charge in [0.25, 0.3) is 5.91 Å². The highest BCUT2D eigenvalue weighted by Crippen LogP contribution is 2.23. The second-order valence-electron chi connectivity index (χ2n) is 5.61. The summed E-state index contributed by atoms with van der Waals surface area (Å²) in [7, 11) is 1.61. The molecule has 0 bridgehead atoms. The Hall–Kier alpha value is -2.24. The van der Waals surface area contributed by atoms with Crippen molar-refractivity contribution < 1.29 is 14.3 Å². The number of para-hydroxylation sites is 1. The molecule has 25 heavy (non-hydrogen) atoms.